The maximum Gasteiger partial charge on any atom is 0.170 e. The first kappa shape index (κ1) is 20.9. The largest absolute Gasteiger partial charge is 0.384 e. The molecule has 0 unspecified atom stereocenters. The number of Topliss-reactive ketones (excluding diaryl/α,β-unsaturated/α-hetero) is 1. The summed E-state index contributed by atoms with van der Waals surface area (Å²) in [6.07, 6.45) is 0.413. The molecule has 0 spiro atoms. The number of carbonyl (C=O) groups is 1. The molecule has 0 radical (unpaired) electrons. The van der Waals surface area contributed by atoms with E-state index >= 15 is 0 Å². The number of carbonyl (C=O) groups excluding carboxylic acids is 1. The van der Waals surface area contributed by atoms with E-state index in [4.69, 9.17) is 46.4 Å². The highest BCUT2D eigenvalue weighted by Crippen LogP contribution is 2.41. The van der Waals surface area contributed by atoms with Gasteiger partial charge in [-0.25, -0.2) is 0 Å². The Bertz CT molecular complexity index is 873. The molecule has 1 saturated heterocycles. The molecule has 2 aromatic carbocycles. The number of halogens is 4. The number of benzene rings is 2. The van der Waals surface area contributed by atoms with E-state index in [9.17, 15) is 9.90 Å². The lowest BCUT2D eigenvalue weighted by Crippen LogP contribution is -2.53. The van der Waals surface area contributed by atoms with Crippen LogP contribution in [0, 0.1) is 5.92 Å². The fourth-order valence-electron chi connectivity index (χ4n) is 3.55. The standard InChI is InChI=1S/C20H19Cl4NO2/c1-2-25-8-7-20(27,13-4-6-16(22)18(24)10-13)14(11-25)19(26)12-3-5-15(21)17(23)9-12/h3-6,9-10,14,27H,2,7-8,11H2,1H3/t14-,20+/m0/s1. The monoisotopic (exact) mass is 445 g/mol. The highest BCUT2D eigenvalue weighted by Gasteiger charge is 2.46. The minimum atomic E-state index is -1.34. The summed E-state index contributed by atoms with van der Waals surface area (Å²) in [5.41, 5.74) is -0.333. The second kappa shape index (κ2) is 8.28. The predicted molar refractivity (Wildman–Crippen MR) is 111 cm³/mol. The van der Waals surface area contributed by atoms with Gasteiger partial charge in [-0.3, -0.25) is 4.79 Å². The van der Waals surface area contributed by atoms with Gasteiger partial charge in [-0.05, 0) is 48.9 Å². The molecule has 3 rings (SSSR count). The topological polar surface area (TPSA) is 40.5 Å². The van der Waals surface area contributed by atoms with E-state index in [0.29, 0.717) is 50.7 Å². The van der Waals surface area contributed by atoms with Crippen molar-refractivity contribution in [3.05, 3.63) is 67.6 Å². The van der Waals surface area contributed by atoms with Gasteiger partial charge in [0.25, 0.3) is 0 Å². The zero-order valence-electron chi connectivity index (χ0n) is 14.7. The molecule has 1 heterocycles. The van der Waals surface area contributed by atoms with Crippen LogP contribution in [0.25, 0.3) is 0 Å². The van der Waals surface area contributed by atoms with Crippen LogP contribution in [0.1, 0.15) is 29.3 Å². The lowest BCUT2D eigenvalue weighted by atomic mass is 9.72. The first-order valence-electron chi connectivity index (χ1n) is 8.65. The molecule has 144 valence electrons. The van der Waals surface area contributed by atoms with Crippen molar-refractivity contribution in [1.29, 1.82) is 0 Å². The summed E-state index contributed by atoms with van der Waals surface area (Å²) in [5.74, 6) is -0.846. The molecule has 2 atom stereocenters. The average Bonchev–Trinajstić information content (AvgIpc) is 2.66. The van der Waals surface area contributed by atoms with Gasteiger partial charge in [0.05, 0.1) is 26.0 Å². The Labute approximate surface area is 178 Å². The van der Waals surface area contributed by atoms with Crippen LogP contribution >= 0.6 is 46.4 Å². The van der Waals surface area contributed by atoms with Crippen LogP contribution in [0.2, 0.25) is 20.1 Å². The van der Waals surface area contributed by atoms with Crippen molar-refractivity contribution in [2.45, 2.75) is 18.9 Å². The van der Waals surface area contributed by atoms with Crippen LogP contribution in [-0.2, 0) is 5.60 Å². The van der Waals surface area contributed by atoms with Crippen molar-refractivity contribution < 1.29 is 9.90 Å². The summed E-state index contributed by atoms with van der Waals surface area (Å²) >= 11 is 24.2. The number of rotatable bonds is 4. The van der Waals surface area contributed by atoms with E-state index in [1.807, 2.05) is 6.92 Å². The molecule has 1 aliphatic heterocycles. The number of ketones is 1. The Morgan fingerprint density at radius 1 is 1.07 bits per heavy atom. The van der Waals surface area contributed by atoms with E-state index in [0.717, 1.165) is 6.54 Å². The van der Waals surface area contributed by atoms with Crippen LogP contribution in [0.3, 0.4) is 0 Å². The molecular formula is C20H19Cl4NO2. The second-order valence-electron chi connectivity index (χ2n) is 6.74. The Morgan fingerprint density at radius 3 is 2.30 bits per heavy atom. The third kappa shape index (κ3) is 4.14. The van der Waals surface area contributed by atoms with Gasteiger partial charge >= 0.3 is 0 Å². The molecule has 1 aliphatic rings. The summed E-state index contributed by atoms with van der Waals surface area (Å²) in [7, 11) is 0. The summed E-state index contributed by atoms with van der Waals surface area (Å²) in [5, 5.41) is 13.0. The van der Waals surface area contributed by atoms with Crippen molar-refractivity contribution in [1.82, 2.24) is 4.90 Å². The molecular weight excluding hydrogens is 428 g/mol. The SMILES string of the molecule is CCN1CC[C@@](O)(c2ccc(Cl)c(Cl)c2)[C@H](C(=O)c2ccc(Cl)c(Cl)c2)C1. The van der Waals surface area contributed by atoms with Crippen LogP contribution in [-0.4, -0.2) is 35.4 Å². The molecule has 0 bridgehead atoms. The van der Waals surface area contributed by atoms with Crippen LogP contribution in [0.5, 0.6) is 0 Å². The Kier molecular flexibility index (Phi) is 6.41. The molecule has 0 saturated carbocycles. The quantitative estimate of drug-likeness (QED) is 0.611. The van der Waals surface area contributed by atoms with Gasteiger partial charge in [0.2, 0.25) is 0 Å². The summed E-state index contributed by atoms with van der Waals surface area (Å²) in [6, 6.07) is 9.79. The van der Waals surface area contributed by atoms with Crippen LogP contribution < -0.4 is 0 Å². The first-order valence-corrected chi connectivity index (χ1v) is 10.2. The normalized spacial score (nSPS) is 23.4. The van der Waals surface area contributed by atoms with Crippen LogP contribution in [0.15, 0.2) is 36.4 Å². The number of piperidine rings is 1. The molecule has 0 aliphatic carbocycles. The minimum Gasteiger partial charge on any atom is -0.384 e. The summed E-state index contributed by atoms with van der Waals surface area (Å²) in [6.45, 7) is 3.94. The maximum atomic E-state index is 13.3. The van der Waals surface area contributed by atoms with E-state index in [-0.39, 0.29) is 5.78 Å². The van der Waals surface area contributed by atoms with Crippen molar-refractivity contribution in [2.75, 3.05) is 19.6 Å². The van der Waals surface area contributed by atoms with Crippen molar-refractivity contribution in [3.63, 3.8) is 0 Å². The fourth-order valence-corrected chi connectivity index (χ4v) is 4.15. The Hall–Kier alpha value is -0.810. The molecule has 1 fully saturated rings. The van der Waals surface area contributed by atoms with Crippen molar-refractivity contribution in [2.24, 2.45) is 5.92 Å². The Balaban J connectivity index is 2.04. The summed E-state index contributed by atoms with van der Waals surface area (Å²) in [4.78, 5) is 15.5. The fraction of sp³-hybridized carbons (Fsp3) is 0.350. The van der Waals surface area contributed by atoms with Crippen molar-refractivity contribution in [3.8, 4) is 0 Å². The lowest BCUT2D eigenvalue weighted by Gasteiger charge is -2.44. The number of aliphatic hydroxyl groups is 1. The van der Waals surface area contributed by atoms with Gasteiger partial charge in [0, 0.05) is 18.7 Å². The summed E-state index contributed by atoms with van der Waals surface area (Å²) < 4.78 is 0. The van der Waals surface area contributed by atoms with E-state index < -0.39 is 11.5 Å². The number of hydrogen-bond donors (Lipinski definition) is 1. The van der Waals surface area contributed by atoms with Crippen molar-refractivity contribution >= 4 is 52.2 Å². The first-order chi connectivity index (χ1) is 12.8. The molecule has 7 heteroatoms. The lowest BCUT2D eigenvalue weighted by molar-refractivity contribution is -0.0631. The van der Waals surface area contributed by atoms with Gasteiger partial charge in [-0.1, -0.05) is 59.4 Å². The molecule has 0 aromatic heterocycles. The van der Waals surface area contributed by atoms with Gasteiger partial charge in [-0.15, -0.1) is 0 Å². The second-order valence-corrected chi connectivity index (χ2v) is 8.37. The zero-order chi connectivity index (χ0) is 19.8. The predicted octanol–water partition coefficient (Wildman–Crippen LogP) is 5.71. The highest BCUT2D eigenvalue weighted by atomic mass is 35.5. The third-order valence-corrected chi connectivity index (χ3v) is 6.69. The molecule has 3 nitrogen and oxygen atoms in total. The van der Waals surface area contributed by atoms with Gasteiger partial charge in [0.1, 0.15) is 5.60 Å². The molecule has 1 N–H and O–H groups in total. The highest BCUT2D eigenvalue weighted by molar-refractivity contribution is 6.42. The van der Waals surface area contributed by atoms with Crippen LogP contribution in [0.4, 0.5) is 0 Å². The van der Waals surface area contributed by atoms with Gasteiger partial charge in [-0.2, -0.15) is 0 Å². The van der Waals surface area contributed by atoms with E-state index in [1.165, 1.54) is 0 Å². The number of nitrogens with zero attached hydrogens (tertiary/aromatic N) is 1. The number of hydrogen-bond acceptors (Lipinski definition) is 3. The average molecular weight is 447 g/mol. The van der Waals surface area contributed by atoms with E-state index in [2.05, 4.69) is 4.90 Å². The molecule has 27 heavy (non-hydrogen) atoms. The maximum absolute atomic E-state index is 13.3. The molecule has 2 aromatic rings. The smallest absolute Gasteiger partial charge is 0.170 e. The third-order valence-electron chi connectivity index (χ3n) is 5.21. The molecule has 0 amide bonds. The Morgan fingerprint density at radius 2 is 1.70 bits per heavy atom. The van der Waals surface area contributed by atoms with Gasteiger partial charge in [0.15, 0.2) is 5.78 Å². The minimum absolute atomic E-state index is 0.180. The number of likely N-dealkylation sites (tertiary alicyclic amines) is 1. The van der Waals surface area contributed by atoms with E-state index in [1.54, 1.807) is 36.4 Å². The van der Waals surface area contributed by atoms with Gasteiger partial charge < -0.3 is 10.0 Å². The zero-order valence-corrected chi connectivity index (χ0v) is 17.7.